The van der Waals surface area contributed by atoms with Gasteiger partial charge in [0.05, 0.1) is 6.04 Å². The molecule has 4 rings (SSSR count). The molecule has 0 spiro atoms. The van der Waals surface area contributed by atoms with Crippen LogP contribution in [0.3, 0.4) is 0 Å². The number of hydrogen-bond donors (Lipinski definition) is 1. The number of nitrogens with one attached hydrogen (secondary N) is 1. The van der Waals surface area contributed by atoms with Gasteiger partial charge in [-0.1, -0.05) is 23.8 Å². The third kappa shape index (κ3) is 1.80. The predicted octanol–water partition coefficient (Wildman–Crippen LogP) is 1.93. The molecular weight excluding hydrogens is 252 g/mol. The highest BCUT2D eigenvalue weighted by Gasteiger charge is 2.22. The molecule has 0 bridgehead atoms. The lowest BCUT2D eigenvalue weighted by Crippen LogP contribution is -2.10. The molecule has 2 aromatic heterocycles. The van der Waals surface area contributed by atoms with Gasteiger partial charge in [0.1, 0.15) is 5.82 Å². The van der Waals surface area contributed by atoms with Crippen LogP contribution in [-0.4, -0.2) is 25.3 Å². The molecule has 100 valence electrons. The Bertz CT molecular complexity index is 778. The highest BCUT2D eigenvalue weighted by atomic mass is 15.6. The van der Waals surface area contributed by atoms with Crippen LogP contribution in [-0.2, 0) is 6.42 Å². The van der Waals surface area contributed by atoms with Crippen LogP contribution in [0.1, 0.15) is 29.2 Å². The summed E-state index contributed by atoms with van der Waals surface area (Å²) in [7, 11) is 0. The molecule has 2 heterocycles. The quantitative estimate of drug-likeness (QED) is 0.767. The number of anilines is 1. The average Bonchev–Trinajstić information content (AvgIpc) is 3.05. The first-order valence-electron chi connectivity index (χ1n) is 6.71. The molecule has 6 nitrogen and oxygen atoms in total. The van der Waals surface area contributed by atoms with Crippen molar-refractivity contribution in [1.82, 2.24) is 25.3 Å². The van der Waals surface area contributed by atoms with E-state index in [0.29, 0.717) is 11.7 Å². The van der Waals surface area contributed by atoms with E-state index in [1.807, 2.05) is 12.1 Å². The monoisotopic (exact) mass is 266 g/mol. The fourth-order valence-corrected chi connectivity index (χ4v) is 2.78. The predicted molar refractivity (Wildman–Crippen MR) is 74.4 cm³/mol. The second-order valence-electron chi connectivity index (χ2n) is 5.18. The maximum absolute atomic E-state index is 4.36. The number of aryl methyl sites for hydroxylation is 2. The number of fused-ring (bicyclic) bond motifs is 2. The number of aromatic nitrogens is 5. The van der Waals surface area contributed by atoms with Gasteiger partial charge in [0, 0.05) is 0 Å². The molecule has 0 fully saturated rings. The first-order valence-corrected chi connectivity index (χ1v) is 6.71. The van der Waals surface area contributed by atoms with Crippen molar-refractivity contribution in [2.45, 2.75) is 25.8 Å². The third-order valence-electron chi connectivity index (χ3n) is 3.77. The van der Waals surface area contributed by atoms with E-state index in [2.05, 4.69) is 51.1 Å². The molecule has 6 heteroatoms. The van der Waals surface area contributed by atoms with E-state index in [-0.39, 0.29) is 0 Å². The van der Waals surface area contributed by atoms with Crippen LogP contribution < -0.4 is 5.32 Å². The van der Waals surface area contributed by atoms with Crippen LogP contribution in [0.5, 0.6) is 0 Å². The van der Waals surface area contributed by atoms with E-state index in [9.17, 15) is 0 Å². The molecule has 1 atom stereocenters. The maximum atomic E-state index is 4.36. The fraction of sp³-hybridized carbons (Fsp3) is 0.286. The van der Waals surface area contributed by atoms with Crippen molar-refractivity contribution >= 4 is 11.5 Å². The van der Waals surface area contributed by atoms with E-state index >= 15 is 0 Å². The zero-order chi connectivity index (χ0) is 13.5. The molecule has 0 aliphatic heterocycles. The zero-order valence-corrected chi connectivity index (χ0v) is 11.1. The molecule has 0 saturated heterocycles. The van der Waals surface area contributed by atoms with Crippen LogP contribution in [0.25, 0.3) is 5.65 Å². The second kappa shape index (κ2) is 4.26. The molecule has 1 aliphatic carbocycles. The highest BCUT2D eigenvalue weighted by Crippen LogP contribution is 2.33. The number of tetrazole rings is 1. The molecular formula is C14H14N6. The van der Waals surface area contributed by atoms with Gasteiger partial charge >= 0.3 is 0 Å². The molecule has 1 N–H and O–H groups in total. The number of rotatable bonds is 2. The molecule has 0 radical (unpaired) electrons. The average molecular weight is 266 g/mol. The smallest absolute Gasteiger partial charge is 0.200 e. The Labute approximate surface area is 115 Å². The van der Waals surface area contributed by atoms with E-state index in [0.717, 1.165) is 18.7 Å². The molecule has 0 saturated carbocycles. The Kier molecular flexibility index (Phi) is 2.42. The van der Waals surface area contributed by atoms with Gasteiger partial charge in [-0.15, -0.1) is 14.8 Å². The molecule has 0 amide bonds. The Hall–Kier alpha value is -2.50. The normalized spacial score (nSPS) is 17.4. The van der Waals surface area contributed by atoms with Gasteiger partial charge in [-0.2, -0.15) is 0 Å². The SMILES string of the molecule is Cc1ccc2c(c1)C(Nc1ccc3nnnn3n1)CC2. The minimum atomic E-state index is 0.311. The first-order chi connectivity index (χ1) is 9.79. The van der Waals surface area contributed by atoms with Crippen molar-refractivity contribution in [3.8, 4) is 0 Å². The number of hydrogen-bond acceptors (Lipinski definition) is 5. The topological polar surface area (TPSA) is 68.0 Å². The van der Waals surface area contributed by atoms with Crippen molar-refractivity contribution in [2.24, 2.45) is 0 Å². The summed E-state index contributed by atoms with van der Waals surface area (Å²) in [6, 6.07) is 10.7. The van der Waals surface area contributed by atoms with Crippen molar-refractivity contribution < 1.29 is 0 Å². The van der Waals surface area contributed by atoms with Crippen LogP contribution >= 0.6 is 0 Å². The molecule has 1 aliphatic rings. The Balaban J connectivity index is 1.65. The van der Waals surface area contributed by atoms with Crippen LogP contribution in [0.2, 0.25) is 0 Å². The molecule has 1 aromatic carbocycles. The van der Waals surface area contributed by atoms with Gasteiger partial charge < -0.3 is 5.32 Å². The van der Waals surface area contributed by atoms with Crippen molar-refractivity contribution in [3.05, 3.63) is 47.0 Å². The van der Waals surface area contributed by atoms with Gasteiger partial charge in [0.15, 0.2) is 5.65 Å². The molecule has 3 aromatic rings. The third-order valence-corrected chi connectivity index (χ3v) is 3.77. The summed E-state index contributed by atoms with van der Waals surface area (Å²) in [5, 5.41) is 19.1. The summed E-state index contributed by atoms with van der Waals surface area (Å²) in [4.78, 5) is 0. The maximum Gasteiger partial charge on any atom is 0.200 e. The largest absolute Gasteiger partial charge is 0.362 e. The van der Waals surface area contributed by atoms with Crippen LogP contribution in [0.15, 0.2) is 30.3 Å². The lowest BCUT2D eigenvalue weighted by atomic mass is 10.1. The van der Waals surface area contributed by atoms with E-state index in [1.54, 1.807) is 0 Å². The van der Waals surface area contributed by atoms with E-state index in [1.165, 1.54) is 21.3 Å². The summed E-state index contributed by atoms with van der Waals surface area (Å²) in [6.07, 6.45) is 2.20. The van der Waals surface area contributed by atoms with Gasteiger partial charge in [0.2, 0.25) is 0 Å². The molecule has 20 heavy (non-hydrogen) atoms. The standard InChI is InChI=1S/C14H14N6/c1-9-2-3-10-4-5-12(11(10)8-9)15-13-6-7-14-16-18-19-20(14)17-13/h2-3,6-8,12H,4-5H2,1H3,(H,15,17). The van der Waals surface area contributed by atoms with Crippen molar-refractivity contribution in [1.29, 1.82) is 0 Å². The van der Waals surface area contributed by atoms with E-state index < -0.39 is 0 Å². The van der Waals surface area contributed by atoms with Gasteiger partial charge in [-0.25, -0.2) is 0 Å². The number of benzene rings is 1. The summed E-state index contributed by atoms with van der Waals surface area (Å²) >= 11 is 0. The van der Waals surface area contributed by atoms with Gasteiger partial charge in [-0.3, -0.25) is 0 Å². The molecule has 1 unspecified atom stereocenters. The Morgan fingerprint density at radius 1 is 1.25 bits per heavy atom. The summed E-state index contributed by atoms with van der Waals surface area (Å²) in [5.41, 5.74) is 4.75. The van der Waals surface area contributed by atoms with Crippen LogP contribution in [0, 0.1) is 6.92 Å². The zero-order valence-electron chi connectivity index (χ0n) is 11.1. The van der Waals surface area contributed by atoms with E-state index in [4.69, 9.17) is 0 Å². The Morgan fingerprint density at radius 2 is 2.20 bits per heavy atom. The summed E-state index contributed by atoms with van der Waals surface area (Å²) in [5.74, 6) is 0.796. The lowest BCUT2D eigenvalue weighted by molar-refractivity contribution is 0.713. The highest BCUT2D eigenvalue weighted by molar-refractivity contribution is 5.47. The fourth-order valence-electron chi connectivity index (χ4n) is 2.78. The minimum Gasteiger partial charge on any atom is -0.362 e. The van der Waals surface area contributed by atoms with Crippen LogP contribution in [0.4, 0.5) is 5.82 Å². The van der Waals surface area contributed by atoms with Gasteiger partial charge in [-0.05, 0) is 53.5 Å². The van der Waals surface area contributed by atoms with Gasteiger partial charge in [0.25, 0.3) is 0 Å². The first kappa shape index (κ1) is 11.3. The second-order valence-corrected chi connectivity index (χ2v) is 5.18. The number of nitrogens with zero attached hydrogens (tertiary/aromatic N) is 5. The van der Waals surface area contributed by atoms with Crippen molar-refractivity contribution in [3.63, 3.8) is 0 Å². The Morgan fingerprint density at radius 3 is 3.15 bits per heavy atom. The summed E-state index contributed by atoms with van der Waals surface area (Å²) in [6.45, 7) is 2.13. The lowest BCUT2D eigenvalue weighted by Gasteiger charge is -2.14. The minimum absolute atomic E-state index is 0.311. The summed E-state index contributed by atoms with van der Waals surface area (Å²) < 4.78 is 1.44. The van der Waals surface area contributed by atoms with Crippen molar-refractivity contribution in [2.75, 3.05) is 5.32 Å².